The summed E-state index contributed by atoms with van der Waals surface area (Å²) in [5.41, 5.74) is 5.34. The molecule has 0 bridgehead atoms. The minimum Gasteiger partial charge on any atom is -0.497 e. The molecule has 0 aromatic heterocycles. The zero-order chi connectivity index (χ0) is 16.0. The van der Waals surface area contributed by atoms with Gasteiger partial charge in [0.2, 0.25) is 0 Å². The molecule has 1 atom stereocenters. The topological polar surface area (TPSA) is 120 Å². The van der Waals surface area contributed by atoms with E-state index in [4.69, 9.17) is 15.2 Å². The van der Waals surface area contributed by atoms with Gasteiger partial charge in [0.25, 0.3) is 11.8 Å². The maximum atomic E-state index is 11.7. The van der Waals surface area contributed by atoms with Crippen LogP contribution in [-0.4, -0.2) is 38.1 Å². The molecule has 1 aromatic rings. The van der Waals surface area contributed by atoms with Crippen molar-refractivity contribution in [1.82, 2.24) is 10.6 Å². The number of rotatable bonds is 5. The van der Waals surface area contributed by atoms with Gasteiger partial charge in [-0.1, -0.05) is 0 Å². The number of ether oxygens (including phenoxy) is 2. The van der Waals surface area contributed by atoms with Crippen LogP contribution in [0.3, 0.4) is 0 Å². The first-order chi connectivity index (χ1) is 9.88. The molecule has 0 saturated carbocycles. The molecular weight excluding hydrogens is 278 g/mol. The van der Waals surface area contributed by atoms with Crippen molar-refractivity contribution in [1.29, 1.82) is 0 Å². The van der Waals surface area contributed by atoms with Gasteiger partial charge < -0.3 is 20.5 Å². The van der Waals surface area contributed by atoms with Gasteiger partial charge in [0.1, 0.15) is 11.5 Å². The maximum Gasteiger partial charge on any atom is 0.321 e. The Morgan fingerprint density at radius 3 is 2.48 bits per heavy atom. The lowest BCUT2D eigenvalue weighted by Gasteiger charge is -2.16. The maximum absolute atomic E-state index is 11.7. The Morgan fingerprint density at radius 2 is 1.95 bits per heavy atom. The van der Waals surface area contributed by atoms with Crippen molar-refractivity contribution >= 4 is 17.8 Å². The summed E-state index contributed by atoms with van der Waals surface area (Å²) in [5, 5.41) is 4.31. The quantitative estimate of drug-likeness (QED) is 0.707. The number of nitrogens with two attached hydrogens (primary N) is 1. The Bertz CT molecular complexity index is 559. The van der Waals surface area contributed by atoms with Crippen LogP contribution in [0.5, 0.6) is 11.5 Å². The van der Waals surface area contributed by atoms with Gasteiger partial charge >= 0.3 is 6.03 Å². The van der Waals surface area contributed by atoms with Crippen LogP contribution < -0.4 is 25.8 Å². The Labute approximate surface area is 121 Å². The summed E-state index contributed by atoms with van der Waals surface area (Å²) in [4.78, 5) is 34.1. The molecule has 0 saturated heterocycles. The molecule has 1 aromatic carbocycles. The van der Waals surface area contributed by atoms with E-state index in [0.29, 0.717) is 5.75 Å². The molecule has 0 spiro atoms. The molecule has 0 aliphatic rings. The SMILES string of the molecule is CNC(=O)NC(=O)[C@H](C)Oc1cc(OC)ccc1C(N)=O. The monoisotopic (exact) mass is 295 g/mol. The lowest BCUT2D eigenvalue weighted by Crippen LogP contribution is -2.44. The number of carbonyl (C=O) groups is 3. The fourth-order valence-corrected chi connectivity index (χ4v) is 1.45. The van der Waals surface area contributed by atoms with Gasteiger partial charge in [0.05, 0.1) is 12.7 Å². The van der Waals surface area contributed by atoms with E-state index in [9.17, 15) is 14.4 Å². The highest BCUT2D eigenvalue weighted by Crippen LogP contribution is 2.25. The van der Waals surface area contributed by atoms with Crippen LogP contribution in [0.25, 0.3) is 0 Å². The molecule has 21 heavy (non-hydrogen) atoms. The molecule has 8 nitrogen and oxygen atoms in total. The van der Waals surface area contributed by atoms with Crippen molar-refractivity contribution in [2.75, 3.05) is 14.2 Å². The van der Waals surface area contributed by atoms with Crippen LogP contribution in [0.1, 0.15) is 17.3 Å². The third kappa shape index (κ3) is 4.37. The summed E-state index contributed by atoms with van der Waals surface area (Å²) < 4.78 is 10.4. The fourth-order valence-electron chi connectivity index (χ4n) is 1.45. The Balaban J connectivity index is 2.92. The van der Waals surface area contributed by atoms with Gasteiger partial charge in [0.15, 0.2) is 6.10 Å². The van der Waals surface area contributed by atoms with E-state index in [1.54, 1.807) is 6.07 Å². The van der Waals surface area contributed by atoms with E-state index in [0.717, 1.165) is 0 Å². The molecule has 4 N–H and O–H groups in total. The highest BCUT2D eigenvalue weighted by Gasteiger charge is 2.20. The standard InChI is InChI=1S/C13H17N3O5/c1-7(12(18)16-13(19)15-2)21-10-6-8(20-3)4-5-9(10)11(14)17/h4-7H,1-3H3,(H2,14,17)(H2,15,16,18,19)/t7-/m0/s1. The number of hydrogen-bond acceptors (Lipinski definition) is 5. The van der Waals surface area contributed by atoms with Gasteiger partial charge in [-0.3, -0.25) is 14.9 Å². The second-order valence-electron chi connectivity index (χ2n) is 4.05. The minimum atomic E-state index is -1.01. The first-order valence-corrected chi connectivity index (χ1v) is 6.06. The van der Waals surface area contributed by atoms with Crippen LogP contribution in [-0.2, 0) is 4.79 Å². The first kappa shape index (κ1) is 16.3. The van der Waals surface area contributed by atoms with Gasteiger partial charge in [-0.2, -0.15) is 0 Å². The van der Waals surface area contributed by atoms with Gasteiger partial charge in [-0.25, -0.2) is 4.79 Å². The first-order valence-electron chi connectivity index (χ1n) is 6.06. The van der Waals surface area contributed by atoms with Crippen molar-refractivity contribution in [3.05, 3.63) is 23.8 Å². The molecule has 0 aliphatic heterocycles. The zero-order valence-corrected chi connectivity index (χ0v) is 11.9. The molecule has 0 aliphatic carbocycles. The predicted octanol–water partition coefficient (Wildman–Crippen LogP) is 0.0170. The van der Waals surface area contributed by atoms with Gasteiger partial charge in [-0.15, -0.1) is 0 Å². The van der Waals surface area contributed by atoms with Crippen molar-refractivity contribution in [2.24, 2.45) is 5.73 Å². The number of carbonyl (C=O) groups excluding carboxylic acids is 3. The molecule has 0 fully saturated rings. The van der Waals surface area contributed by atoms with Crippen LogP contribution in [0.15, 0.2) is 18.2 Å². The molecular formula is C13H17N3O5. The summed E-state index contributed by atoms with van der Waals surface area (Å²) in [6.45, 7) is 1.43. The summed E-state index contributed by atoms with van der Waals surface area (Å²) in [5.74, 6) is -0.825. The third-order valence-corrected chi connectivity index (χ3v) is 2.59. The highest BCUT2D eigenvalue weighted by molar-refractivity contribution is 5.97. The van der Waals surface area contributed by atoms with Crippen molar-refractivity contribution in [3.8, 4) is 11.5 Å². The average Bonchev–Trinajstić information content (AvgIpc) is 2.46. The van der Waals surface area contributed by atoms with Gasteiger partial charge in [0, 0.05) is 13.1 Å². The number of methoxy groups -OCH3 is 1. The summed E-state index contributed by atoms with van der Waals surface area (Å²) >= 11 is 0. The lowest BCUT2D eigenvalue weighted by atomic mass is 10.2. The summed E-state index contributed by atoms with van der Waals surface area (Å²) in [6.07, 6.45) is -1.01. The van der Waals surface area contributed by atoms with Crippen molar-refractivity contribution < 1.29 is 23.9 Å². The zero-order valence-electron chi connectivity index (χ0n) is 11.9. The van der Waals surface area contributed by atoms with Gasteiger partial charge in [-0.05, 0) is 19.1 Å². The normalized spacial score (nSPS) is 11.2. The Morgan fingerprint density at radius 1 is 1.29 bits per heavy atom. The summed E-state index contributed by atoms with van der Waals surface area (Å²) in [7, 11) is 2.83. The lowest BCUT2D eigenvalue weighted by molar-refractivity contribution is -0.126. The smallest absolute Gasteiger partial charge is 0.321 e. The van der Waals surface area contributed by atoms with Crippen LogP contribution >= 0.6 is 0 Å². The molecule has 114 valence electrons. The van der Waals surface area contributed by atoms with Crippen LogP contribution in [0, 0.1) is 0 Å². The molecule has 8 heteroatoms. The number of amides is 4. The van der Waals surface area contributed by atoms with Crippen molar-refractivity contribution in [3.63, 3.8) is 0 Å². The Hall–Kier alpha value is -2.77. The van der Waals surface area contributed by atoms with E-state index in [2.05, 4.69) is 10.6 Å². The largest absolute Gasteiger partial charge is 0.497 e. The fraction of sp³-hybridized carbons (Fsp3) is 0.308. The van der Waals surface area contributed by atoms with E-state index < -0.39 is 23.9 Å². The molecule has 0 heterocycles. The predicted molar refractivity (Wildman–Crippen MR) is 74.2 cm³/mol. The van der Waals surface area contributed by atoms with E-state index >= 15 is 0 Å². The highest BCUT2D eigenvalue weighted by atomic mass is 16.5. The third-order valence-electron chi connectivity index (χ3n) is 2.59. The number of hydrogen-bond donors (Lipinski definition) is 3. The van der Waals surface area contributed by atoms with Crippen LogP contribution in [0.2, 0.25) is 0 Å². The summed E-state index contributed by atoms with van der Waals surface area (Å²) in [6, 6.07) is 3.75. The Kier molecular flexibility index (Phi) is 5.53. The second kappa shape index (κ2) is 7.13. The van der Waals surface area contributed by atoms with Crippen molar-refractivity contribution in [2.45, 2.75) is 13.0 Å². The minimum absolute atomic E-state index is 0.0985. The molecule has 0 radical (unpaired) electrons. The van der Waals surface area contributed by atoms with E-state index in [1.165, 1.54) is 33.2 Å². The number of imide groups is 1. The second-order valence-corrected chi connectivity index (χ2v) is 4.05. The van der Waals surface area contributed by atoms with Crippen LogP contribution in [0.4, 0.5) is 4.79 Å². The number of primary amides is 1. The average molecular weight is 295 g/mol. The molecule has 0 unspecified atom stereocenters. The van der Waals surface area contributed by atoms with E-state index in [1.807, 2.05) is 0 Å². The van der Waals surface area contributed by atoms with E-state index in [-0.39, 0.29) is 11.3 Å². The molecule has 1 rings (SSSR count). The molecule has 4 amide bonds. The number of nitrogens with one attached hydrogen (secondary N) is 2. The number of benzene rings is 1. The number of urea groups is 1.